The largest absolute Gasteiger partial charge is 0.427 e. The van der Waals surface area contributed by atoms with Crippen LogP contribution in [0, 0.1) is 0 Å². The number of nitrogens with one attached hydrogen (secondary N) is 1. The average molecular weight is 364 g/mol. The van der Waals surface area contributed by atoms with Crippen molar-refractivity contribution in [2.24, 2.45) is 0 Å². The molecule has 2 atom stereocenters. The molecule has 2 aromatic rings. The van der Waals surface area contributed by atoms with Crippen LogP contribution in [-0.2, 0) is 11.2 Å². The summed E-state index contributed by atoms with van der Waals surface area (Å²) in [5, 5.41) is 13.5. The van der Waals surface area contributed by atoms with E-state index in [-0.39, 0.29) is 18.4 Å². The minimum Gasteiger partial charge on any atom is -0.427 e. The number of carbonyl (C=O) groups is 1. The van der Waals surface area contributed by atoms with Gasteiger partial charge in [0.2, 0.25) is 0 Å². The Morgan fingerprint density at radius 1 is 1.12 bits per heavy atom. The van der Waals surface area contributed by atoms with Crippen molar-refractivity contribution < 1.29 is 14.6 Å². The van der Waals surface area contributed by atoms with Crippen LogP contribution < -0.4 is 10.1 Å². The Hall–Kier alpha value is -1.88. The second kappa shape index (κ2) is 10.9. The second-order valence-electron chi connectivity index (χ2n) is 6.01. The van der Waals surface area contributed by atoms with E-state index in [1.165, 1.54) is 12.5 Å². The molecule has 0 saturated carbocycles. The summed E-state index contributed by atoms with van der Waals surface area (Å²) in [7, 11) is 0. The highest BCUT2D eigenvalue weighted by Gasteiger charge is 2.09. The van der Waals surface area contributed by atoms with Gasteiger partial charge in [-0.15, -0.1) is 12.4 Å². The lowest BCUT2D eigenvalue weighted by Gasteiger charge is -2.17. The van der Waals surface area contributed by atoms with Crippen molar-refractivity contribution in [1.29, 1.82) is 0 Å². The number of hydrogen-bond donors (Lipinski definition) is 2. The number of benzene rings is 2. The Kier molecular flexibility index (Phi) is 9.21. The molecule has 2 aromatic carbocycles. The van der Waals surface area contributed by atoms with Crippen molar-refractivity contribution in [3.05, 3.63) is 65.7 Å². The highest BCUT2D eigenvalue weighted by Crippen LogP contribution is 2.15. The lowest BCUT2D eigenvalue weighted by Crippen LogP contribution is -2.30. The molecule has 0 aliphatic carbocycles. The molecular formula is C20H26ClNO3. The van der Waals surface area contributed by atoms with E-state index in [9.17, 15) is 9.90 Å². The van der Waals surface area contributed by atoms with Gasteiger partial charge < -0.3 is 15.2 Å². The highest BCUT2D eigenvalue weighted by molar-refractivity contribution is 5.85. The molecule has 0 aromatic heterocycles. The number of ether oxygens (including phenoxy) is 1. The van der Waals surface area contributed by atoms with Crippen molar-refractivity contribution in [3.63, 3.8) is 0 Å². The number of rotatable bonds is 8. The van der Waals surface area contributed by atoms with Gasteiger partial charge in [-0.05, 0) is 43.0 Å². The fourth-order valence-electron chi connectivity index (χ4n) is 2.48. The van der Waals surface area contributed by atoms with E-state index < -0.39 is 6.10 Å². The van der Waals surface area contributed by atoms with Crippen molar-refractivity contribution in [2.75, 3.05) is 6.54 Å². The molecule has 4 nitrogen and oxygen atoms in total. The normalized spacial score (nSPS) is 12.8. The lowest BCUT2D eigenvalue weighted by molar-refractivity contribution is -0.131. The molecule has 25 heavy (non-hydrogen) atoms. The summed E-state index contributed by atoms with van der Waals surface area (Å²) >= 11 is 0. The fraction of sp³-hybridized carbons (Fsp3) is 0.350. The van der Waals surface area contributed by atoms with Crippen molar-refractivity contribution in [1.82, 2.24) is 5.32 Å². The molecule has 0 radical (unpaired) electrons. The molecule has 0 aliphatic heterocycles. The van der Waals surface area contributed by atoms with Crippen LogP contribution in [0.5, 0.6) is 5.75 Å². The first-order chi connectivity index (χ1) is 11.5. The van der Waals surface area contributed by atoms with Crippen molar-refractivity contribution in [2.45, 2.75) is 38.8 Å². The van der Waals surface area contributed by atoms with E-state index in [0.717, 1.165) is 18.4 Å². The number of aliphatic hydroxyl groups is 1. The summed E-state index contributed by atoms with van der Waals surface area (Å²) in [4.78, 5) is 10.9. The van der Waals surface area contributed by atoms with Gasteiger partial charge in [-0.2, -0.15) is 0 Å². The smallest absolute Gasteiger partial charge is 0.308 e. The molecule has 0 spiro atoms. The maximum Gasteiger partial charge on any atom is 0.308 e. The van der Waals surface area contributed by atoms with Crippen LogP contribution in [0.2, 0.25) is 0 Å². The molecule has 0 aliphatic rings. The molecule has 0 bridgehead atoms. The Labute approximate surface area is 155 Å². The van der Waals surface area contributed by atoms with Gasteiger partial charge in [-0.3, -0.25) is 4.79 Å². The summed E-state index contributed by atoms with van der Waals surface area (Å²) in [6, 6.07) is 17.6. The quantitative estimate of drug-likeness (QED) is 0.555. The average Bonchev–Trinajstić information content (AvgIpc) is 2.59. The van der Waals surface area contributed by atoms with Gasteiger partial charge >= 0.3 is 5.97 Å². The molecular weight excluding hydrogens is 338 g/mol. The predicted molar refractivity (Wildman–Crippen MR) is 102 cm³/mol. The molecule has 2 N–H and O–H groups in total. The predicted octanol–water partition coefficient (Wildman–Crippen LogP) is 3.68. The summed E-state index contributed by atoms with van der Waals surface area (Å²) in [6.45, 7) is 4.05. The Bertz CT molecular complexity index is 631. The van der Waals surface area contributed by atoms with Crippen LogP contribution in [-0.4, -0.2) is 23.7 Å². The van der Waals surface area contributed by atoms with Gasteiger partial charge in [0.25, 0.3) is 0 Å². The van der Waals surface area contributed by atoms with Gasteiger partial charge in [-0.25, -0.2) is 0 Å². The first kappa shape index (κ1) is 21.2. The maximum atomic E-state index is 10.9. The minimum atomic E-state index is -0.489. The van der Waals surface area contributed by atoms with E-state index in [1.807, 2.05) is 54.6 Å². The Balaban J connectivity index is 0.00000312. The van der Waals surface area contributed by atoms with Gasteiger partial charge in [0.05, 0.1) is 6.10 Å². The van der Waals surface area contributed by atoms with Crippen LogP contribution in [0.1, 0.15) is 37.5 Å². The molecule has 0 fully saturated rings. The molecule has 5 heteroatoms. The number of aryl methyl sites for hydroxylation is 1. The van der Waals surface area contributed by atoms with E-state index in [4.69, 9.17) is 4.74 Å². The molecule has 136 valence electrons. The van der Waals surface area contributed by atoms with Crippen molar-refractivity contribution >= 4 is 18.4 Å². The summed E-state index contributed by atoms with van der Waals surface area (Å²) in [5.41, 5.74) is 2.13. The van der Waals surface area contributed by atoms with Crippen LogP contribution in [0.15, 0.2) is 54.6 Å². The zero-order valence-corrected chi connectivity index (χ0v) is 15.5. The summed E-state index contributed by atoms with van der Waals surface area (Å²) in [5.74, 6) is 0.265. The second-order valence-corrected chi connectivity index (χ2v) is 6.01. The zero-order chi connectivity index (χ0) is 17.4. The van der Waals surface area contributed by atoms with E-state index in [1.54, 1.807) is 0 Å². The van der Waals surface area contributed by atoms with Gasteiger partial charge in [0, 0.05) is 19.5 Å². The number of carbonyl (C=O) groups excluding carboxylic acids is 1. The number of esters is 1. The third-order valence-corrected chi connectivity index (χ3v) is 3.89. The van der Waals surface area contributed by atoms with Crippen LogP contribution in [0.25, 0.3) is 0 Å². The Morgan fingerprint density at radius 2 is 1.76 bits per heavy atom. The van der Waals surface area contributed by atoms with E-state index in [2.05, 4.69) is 12.2 Å². The van der Waals surface area contributed by atoms with Gasteiger partial charge in [-0.1, -0.05) is 42.5 Å². The lowest BCUT2D eigenvalue weighted by atomic mass is 10.1. The number of aliphatic hydroxyl groups excluding tert-OH is 1. The fourth-order valence-corrected chi connectivity index (χ4v) is 2.48. The maximum absolute atomic E-state index is 10.9. The SMILES string of the molecule is CC(=O)Oc1ccc(CC[C@@H](C)NC[C@H](O)c2ccccc2)cc1.Cl. The first-order valence-electron chi connectivity index (χ1n) is 8.28. The highest BCUT2D eigenvalue weighted by atomic mass is 35.5. The first-order valence-corrected chi connectivity index (χ1v) is 8.28. The number of halogens is 1. The van der Waals surface area contributed by atoms with E-state index >= 15 is 0 Å². The molecule has 0 saturated heterocycles. The Morgan fingerprint density at radius 3 is 2.36 bits per heavy atom. The number of hydrogen-bond acceptors (Lipinski definition) is 4. The topological polar surface area (TPSA) is 58.6 Å². The van der Waals surface area contributed by atoms with Crippen LogP contribution in [0.3, 0.4) is 0 Å². The monoisotopic (exact) mass is 363 g/mol. The molecule has 0 heterocycles. The van der Waals surface area contributed by atoms with Crippen molar-refractivity contribution in [3.8, 4) is 5.75 Å². The van der Waals surface area contributed by atoms with Gasteiger partial charge in [0.15, 0.2) is 0 Å². The minimum absolute atomic E-state index is 0. The third-order valence-electron chi connectivity index (χ3n) is 3.89. The van der Waals surface area contributed by atoms with Crippen LogP contribution in [0.4, 0.5) is 0 Å². The van der Waals surface area contributed by atoms with E-state index in [0.29, 0.717) is 18.3 Å². The molecule has 0 amide bonds. The zero-order valence-electron chi connectivity index (χ0n) is 14.6. The molecule has 2 rings (SSSR count). The third kappa shape index (κ3) is 7.69. The summed E-state index contributed by atoms with van der Waals surface area (Å²) < 4.78 is 5.02. The standard InChI is InChI=1S/C20H25NO3.ClH/c1-15(21-14-20(23)18-6-4-3-5-7-18)8-9-17-10-12-19(13-11-17)24-16(2)22;/h3-7,10-13,15,20-21,23H,8-9,14H2,1-2H3;1H/t15-,20+;/m1./s1. The molecule has 0 unspecified atom stereocenters. The summed E-state index contributed by atoms with van der Waals surface area (Å²) in [6.07, 6.45) is 1.40. The van der Waals surface area contributed by atoms with Gasteiger partial charge in [0.1, 0.15) is 5.75 Å². The van der Waals surface area contributed by atoms with Crippen LogP contribution >= 0.6 is 12.4 Å².